The number of fused-ring (bicyclic) bond motifs is 1. The Hall–Kier alpha value is -1.77. The first-order valence-electron chi connectivity index (χ1n) is 7.04. The predicted octanol–water partition coefficient (Wildman–Crippen LogP) is 3.97. The SMILES string of the molecule is CCC(CC)CNc1ccc(N)c2cnc(C)cc12. The van der Waals surface area contributed by atoms with Gasteiger partial charge in [-0.3, -0.25) is 4.98 Å². The van der Waals surface area contributed by atoms with Gasteiger partial charge < -0.3 is 11.1 Å². The highest BCUT2D eigenvalue weighted by atomic mass is 14.9. The van der Waals surface area contributed by atoms with Gasteiger partial charge in [0.25, 0.3) is 0 Å². The lowest BCUT2D eigenvalue weighted by molar-refractivity contribution is 0.519. The van der Waals surface area contributed by atoms with Crippen molar-refractivity contribution in [2.75, 3.05) is 17.6 Å². The Kier molecular flexibility index (Phi) is 4.25. The van der Waals surface area contributed by atoms with Crippen LogP contribution in [0.25, 0.3) is 10.8 Å². The van der Waals surface area contributed by atoms with Crippen molar-refractivity contribution in [3.05, 3.63) is 30.1 Å². The molecule has 2 rings (SSSR count). The quantitative estimate of drug-likeness (QED) is 0.797. The first-order valence-corrected chi connectivity index (χ1v) is 7.04. The number of nitrogens with two attached hydrogens (primary N) is 1. The van der Waals surface area contributed by atoms with Gasteiger partial charge in [0.05, 0.1) is 0 Å². The minimum absolute atomic E-state index is 0.718. The number of aryl methyl sites for hydroxylation is 1. The van der Waals surface area contributed by atoms with Crippen LogP contribution in [0, 0.1) is 12.8 Å². The van der Waals surface area contributed by atoms with Gasteiger partial charge in [0.2, 0.25) is 0 Å². The Bertz CT molecular complexity index is 559. The monoisotopic (exact) mass is 257 g/mol. The van der Waals surface area contributed by atoms with E-state index in [1.165, 1.54) is 18.2 Å². The molecule has 3 heteroatoms. The smallest absolute Gasteiger partial charge is 0.0422 e. The third-order valence-electron chi connectivity index (χ3n) is 3.81. The molecule has 0 radical (unpaired) electrons. The van der Waals surface area contributed by atoms with Crippen LogP contribution in [0.15, 0.2) is 24.4 Å². The second-order valence-corrected chi connectivity index (χ2v) is 5.14. The van der Waals surface area contributed by atoms with Gasteiger partial charge in [0, 0.05) is 40.6 Å². The summed E-state index contributed by atoms with van der Waals surface area (Å²) < 4.78 is 0. The Balaban J connectivity index is 2.32. The molecule has 0 aliphatic carbocycles. The van der Waals surface area contributed by atoms with Crippen LogP contribution in [0.3, 0.4) is 0 Å². The largest absolute Gasteiger partial charge is 0.398 e. The summed E-state index contributed by atoms with van der Waals surface area (Å²) >= 11 is 0. The van der Waals surface area contributed by atoms with Gasteiger partial charge in [-0.05, 0) is 31.0 Å². The summed E-state index contributed by atoms with van der Waals surface area (Å²) in [4.78, 5) is 4.33. The molecule has 2 aromatic rings. The molecular weight excluding hydrogens is 234 g/mol. The molecular formula is C16H23N3. The number of nitrogens with zero attached hydrogens (tertiary/aromatic N) is 1. The van der Waals surface area contributed by atoms with E-state index in [0.717, 1.165) is 34.9 Å². The average Bonchev–Trinajstić information content (AvgIpc) is 2.42. The van der Waals surface area contributed by atoms with Crippen LogP contribution in [0.1, 0.15) is 32.4 Å². The van der Waals surface area contributed by atoms with Crippen LogP contribution < -0.4 is 11.1 Å². The topological polar surface area (TPSA) is 50.9 Å². The standard InChI is InChI=1S/C16H23N3/c1-4-12(5-2)9-19-16-7-6-15(17)14-10-18-11(3)8-13(14)16/h6-8,10,12,19H,4-5,9,17H2,1-3H3. The average molecular weight is 257 g/mol. The minimum Gasteiger partial charge on any atom is -0.398 e. The summed E-state index contributed by atoms with van der Waals surface area (Å²) in [6.45, 7) is 7.50. The van der Waals surface area contributed by atoms with E-state index >= 15 is 0 Å². The first kappa shape index (κ1) is 13.7. The van der Waals surface area contributed by atoms with Gasteiger partial charge >= 0.3 is 0 Å². The molecule has 0 unspecified atom stereocenters. The lowest BCUT2D eigenvalue weighted by Gasteiger charge is -2.16. The van der Waals surface area contributed by atoms with Gasteiger partial charge in [-0.1, -0.05) is 26.7 Å². The van der Waals surface area contributed by atoms with Crippen molar-refractivity contribution in [2.24, 2.45) is 5.92 Å². The maximum absolute atomic E-state index is 6.02. The van der Waals surface area contributed by atoms with Gasteiger partial charge in [0.15, 0.2) is 0 Å². The second-order valence-electron chi connectivity index (χ2n) is 5.14. The molecule has 1 aromatic heterocycles. The highest BCUT2D eigenvalue weighted by Crippen LogP contribution is 2.28. The number of hydrogen-bond acceptors (Lipinski definition) is 3. The van der Waals surface area contributed by atoms with E-state index in [0.29, 0.717) is 0 Å². The first-order chi connectivity index (χ1) is 9.15. The number of anilines is 2. The molecule has 0 fully saturated rings. The highest BCUT2D eigenvalue weighted by molar-refractivity contribution is 6.00. The molecule has 0 saturated carbocycles. The number of pyridine rings is 1. The van der Waals surface area contributed by atoms with E-state index in [9.17, 15) is 0 Å². The Morgan fingerprint density at radius 3 is 2.63 bits per heavy atom. The summed E-state index contributed by atoms with van der Waals surface area (Å²) in [5.41, 5.74) is 8.97. The molecule has 0 atom stereocenters. The minimum atomic E-state index is 0.718. The second kappa shape index (κ2) is 5.91. The van der Waals surface area contributed by atoms with E-state index in [2.05, 4.69) is 36.3 Å². The van der Waals surface area contributed by atoms with Crippen molar-refractivity contribution in [3.8, 4) is 0 Å². The molecule has 0 amide bonds. The van der Waals surface area contributed by atoms with Gasteiger partial charge in [-0.25, -0.2) is 0 Å². The summed E-state index contributed by atoms with van der Waals surface area (Å²) in [5, 5.41) is 5.75. The molecule has 0 bridgehead atoms. The van der Waals surface area contributed by atoms with Crippen LogP contribution in [0.5, 0.6) is 0 Å². The van der Waals surface area contributed by atoms with Crippen LogP contribution in [-0.2, 0) is 0 Å². The fourth-order valence-electron chi connectivity index (χ4n) is 2.35. The van der Waals surface area contributed by atoms with Gasteiger partial charge in [-0.2, -0.15) is 0 Å². The predicted molar refractivity (Wildman–Crippen MR) is 83.5 cm³/mol. The third-order valence-corrected chi connectivity index (χ3v) is 3.81. The molecule has 1 heterocycles. The molecule has 0 spiro atoms. The summed E-state index contributed by atoms with van der Waals surface area (Å²) in [5.74, 6) is 0.718. The summed E-state index contributed by atoms with van der Waals surface area (Å²) in [7, 11) is 0. The van der Waals surface area contributed by atoms with Crippen molar-refractivity contribution < 1.29 is 0 Å². The molecule has 0 aliphatic rings. The molecule has 0 aliphatic heterocycles. The van der Waals surface area contributed by atoms with Crippen molar-refractivity contribution >= 4 is 22.1 Å². The van der Waals surface area contributed by atoms with E-state index < -0.39 is 0 Å². The third kappa shape index (κ3) is 2.98. The normalized spacial score (nSPS) is 11.2. The van der Waals surface area contributed by atoms with Crippen LogP contribution in [0.2, 0.25) is 0 Å². The molecule has 3 N–H and O–H groups in total. The number of rotatable bonds is 5. The number of hydrogen-bond donors (Lipinski definition) is 2. The van der Waals surface area contributed by atoms with Crippen molar-refractivity contribution in [3.63, 3.8) is 0 Å². The maximum Gasteiger partial charge on any atom is 0.0422 e. The molecule has 19 heavy (non-hydrogen) atoms. The number of aromatic nitrogens is 1. The van der Waals surface area contributed by atoms with Crippen molar-refractivity contribution in [1.82, 2.24) is 4.98 Å². The number of nitrogen functional groups attached to an aromatic ring is 1. The molecule has 0 saturated heterocycles. The van der Waals surface area contributed by atoms with Crippen molar-refractivity contribution in [2.45, 2.75) is 33.6 Å². The van der Waals surface area contributed by atoms with E-state index in [1.54, 1.807) is 0 Å². The van der Waals surface area contributed by atoms with E-state index in [1.807, 2.05) is 19.2 Å². The molecule has 3 nitrogen and oxygen atoms in total. The fraction of sp³-hybridized carbons (Fsp3) is 0.438. The van der Waals surface area contributed by atoms with Gasteiger partial charge in [0.1, 0.15) is 0 Å². The number of nitrogens with one attached hydrogen (secondary N) is 1. The van der Waals surface area contributed by atoms with E-state index in [4.69, 9.17) is 5.73 Å². The fourth-order valence-corrected chi connectivity index (χ4v) is 2.35. The Morgan fingerprint density at radius 1 is 1.21 bits per heavy atom. The maximum atomic E-state index is 6.02. The van der Waals surface area contributed by atoms with Crippen LogP contribution >= 0.6 is 0 Å². The van der Waals surface area contributed by atoms with Crippen molar-refractivity contribution in [1.29, 1.82) is 0 Å². The lowest BCUT2D eigenvalue weighted by atomic mass is 10.0. The van der Waals surface area contributed by atoms with E-state index in [-0.39, 0.29) is 0 Å². The molecule has 102 valence electrons. The zero-order valence-corrected chi connectivity index (χ0v) is 12.0. The molecule has 1 aromatic carbocycles. The Labute approximate surface area is 115 Å². The lowest BCUT2D eigenvalue weighted by Crippen LogP contribution is -2.13. The van der Waals surface area contributed by atoms with Crippen LogP contribution in [0.4, 0.5) is 11.4 Å². The summed E-state index contributed by atoms with van der Waals surface area (Å²) in [6.07, 6.45) is 4.27. The highest BCUT2D eigenvalue weighted by Gasteiger charge is 2.07. The Morgan fingerprint density at radius 2 is 1.95 bits per heavy atom. The van der Waals surface area contributed by atoms with Crippen LogP contribution in [-0.4, -0.2) is 11.5 Å². The van der Waals surface area contributed by atoms with Gasteiger partial charge in [-0.15, -0.1) is 0 Å². The zero-order chi connectivity index (χ0) is 13.8. The summed E-state index contributed by atoms with van der Waals surface area (Å²) in [6, 6.07) is 6.12. The zero-order valence-electron chi connectivity index (χ0n) is 12.0. The number of benzene rings is 1.